The van der Waals surface area contributed by atoms with Crippen LogP contribution in [0.4, 0.5) is 0 Å². The Kier molecular flexibility index (Phi) is 4.02. The van der Waals surface area contributed by atoms with E-state index in [1.165, 1.54) is 25.7 Å². The lowest BCUT2D eigenvalue weighted by molar-refractivity contribution is 0.358. The predicted molar refractivity (Wildman–Crippen MR) is 53.1 cm³/mol. The summed E-state index contributed by atoms with van der Waals surface area (Å²) in [5.74, 6) is 0.737. The molecule has 0 aliphatic heterocycles. The molecule has 12 heavy (non-hydrogen) atoms. The van der Waals surface area contributed by atoms with Crippen molar-refractivity contribution in [3.05, 3.63) is 0 Å². The van der Waals surface area contributed by atoms with E-state index in [2.05, 4.69) is 19.2 Å². The summed E-state index contributed by atoms with van der Waals surface area (Å²) in [7, 11) is 0. The van der Waals surface area contributed by atoms with Crippen LogP contribution in [0.2, 0.25) is 0 Å². The van der Waals surface area contributed by atoms with Gasteiger partial charge in [-0.2, -0.15) is 0 Å². The largest absolute Gasteiger partial charge is 0.329 e. The van der Waals surface area contributed by atoms with E-state index >= 15 is 0 Å². The summed E-state index contributed by atoms with van der Waals surface area (Å²) in [6.45, 7) is 5.33. The van der Waals surface area contributed by atoms with E-state index < -0.39 is 0 Å². The zero-order valence-corrected chi connectivity index (χ0v) is 8.34. The summed E-state index contributed by atoms with van der Waals surface area (Å²) < 4.78 is 0. The molecule has 2 heteroatoms. The van der Waals surface area contributed by atoms with Gasteiger partial charge in [0, 0.05) is 18.6 Å². The van der Waals surface area contributed by atoms with Gasteiger partial charge in [0.2, 0.25) is 0 Å². The first kappa shape index (κ1) is 10.0. The zero-order valence-electron chi connectivity index (χ0n) is 8.34. The first-order valence-electron chi connectivity index (χ1n) is 5.24. The van der Waals surface area contributed by atoms with Crippen molar-refractivity contribution >= 4 is 0 Å². The van der Waals surface area contributed by atoms with Gasteiger partial charge < -0.3 is 11.1 Å². The summed E-state index contributed by atoms with van der Waals surface area (Å²) >= 11 is 0. The van der Waals surface area contributed by atoms with E-state index in [4.69, 9.17) is 5.73 Å². The number of hydrogen-bond donors (Lipinski definition) is 2. The van der Waals surface area contributed by atoms with Crippen LogP contribution in [0, 0.1) is 5.92 Å². The number of hydrogen-bond acceptors (Lipinski definition) is 2. The SMILES string of the molecule is CCCC(C)C(CN)NC1CC1. The highest BCUT2D eigenvalue weighted by atomic mass is 15.0. The molecule has 72 valence electrons. The van der Waals surface area contributed by atoms with Crippen LogP contribution >= 0.6 is 0 Å². The lowest BCUT2D eigenvalue weighted by Gasteiger charge is -2.23. The zero-order chi connectivity index (χ0) is 8.97. The monoisotopic (exact) mass is 170 g/mol. The molecule has 0 bridgehead atoms. The quantitative estimate of drug-likeness (QED) is 0.634. The third-order valence-corrected chi connectivity index (χ3v) is 2.71. The normalized spacial score (nSPS) is 22.2. The molecule has 0 amide bonds. The van der Waals surface area contributed by atoms with Crippen molar-refractivity contribution in [3.63, 3.8) is 0 Å². The van der Waals surface area contributed by atoms with Crippen molar-refractivity contribution in [3.8, 4) is 0 Å². The lowest BCUT2D eigenvalue weighted by Crippen LogP contribution is -2.42. The highest BCUT2D eigenvalue weighted by Crippen LogP contribution is 2.21. The molecule has 1 saturated carbocycles. The van der Waals surface area contributed by atoms with Gasteiger partial charge in [0.15, 0.2) is 0 Å². The smallest absolute Gasteiger partial charge is 0.0218 e. The maximum atomic E-state index is 5.72. The van der Waals surface area contributed by atoms with E-state index in [0.717, 1.165) is 18.5 Å². The van der Waals surface area contributed by atoms with Crippen LogP contribution in [0.3, 0.4) is 0 Å². The Morgan fingerprint density at radius 1 is 1.50 bits per heavy atom. The summed E-state index contributed by atoms with van der Waals surface area (Å²) in [6.07, 6.45) is 5.27. The average molecular weight is 170 g/mol. The van der Waals surface area contributed by atoms with Crippen LogP contribution in [-0.4, -0.2) is 18.6 Å². The molecular formula is C10H22N2. The minimum absolute atomic E-state index is 0.553. The predicted octanol–water partition coefficient (Wildman–Crippen LogP) is 1.50. The Morgan fingerprint density at radius 3 is 2.58 bits per heavy atom. The molecule has 1 aliphatic carbocycles. The molecule has 1 fully saturated rings. The van der Waals surface area contributed by atoms with Gasteiger partial charge in [-0.3, -0.25) is 0 Å². The molecule has 1 rings (SSSR count). The molecular weight excluding hydrogens is 148 g/mol. The number of nitrogens with one attached hydrogen (secondary N) is 1. The maximum absolute atomic E-state index is 5.72. The van der Waals surface area contributed by atoms with Gasteiger partial charge in [-0.05, 0) is 25.2 Å². The van der Waals surface area contributed by atoms with Crippen molar-refractivity contribution < 1.29 is 0 Å². The van der Waals surface area contributed by atoms with E-state index in [9.17, 15) is 0 Å². The summed E-state index contributed by atoms with van der Waals surface area (Å²) in [4.78, 5) is 0. The minimum atomic E-state index is 0.553. The number of nitrogens with two attached hydrogens (primary N) is 1. The topological polar surface area (TPSA) is 38.0 Å². The minimum Gasteiger partial charge on any atom is -0.329 e. The Morgan fingerprint density at radius 2 is 2.17 bits per heavy atom. The van der Waals surface area contributed by atoms with Gasteiger partial charge >= 0.3 is 0 Å². The Hall–Kier alpha value is -0.0800. The number of rotatable bonds is 6. The highest BCUT2D eigenvalue weighted by Gasteiger charge is 2.26. The molecule has 0 aromatic carbocycles. The molecule has 0 heterocycles. The standard InChI is InChI=1S/C10H22N2/c1-3-4-8(2)10(7-11)12-9-5-6-9/h8-10,12H,3-7,11H2,1-2H3. The van der Waals surface area contributed by atoms with Crippen molar-refractivity contribution in [2.45, 2.75) is 51.6 Å². The summed E-state index contributed by atoms with van der Waals surface area (Å²) in [5, 5.41) is 3.60. The van der Waals surface area contributed by atoms with Crippen LogP contribution in [0.1, 0.15) is 39.5 Å². The van der Waals surface area contributed by atoms with Gasteiger partial charge in [-0.1, -0.05) is 20.3 Å². The van der Waals surface area contributed by atoms with Gasteiger partial charge in [0.05, 0.1) is 0 Å². The van der Waals surface area contributed by atoms with Crippen molar-refractivity contribution in [2.24, 2.45) is 11.7 Å². The third-order valence-electron chi connectivity index (χ3n) is 2.71. The fourth-order valence-electron chi connectivity index (χ4n) is 1.67. The lowest BCUT2D eigenvalue weighted by atomic mass is 9.97. The van der Waals surface area contributed by atoms with Crippen LogP contribution in [0.25, 0.3) is 0 Å². The molecule has 0 aromatic heterocycles. The second-order valence-corrected chi connectivity index (χ2v) is 4.05. The average Bonchev–Trinajstić information content (AvgIpc) is 2.84. The molecule has 2 atom stereocenters. The summed E-state index contributed by atoms with van der Waals surface area (Å²) in [6, 6.07) is 1.34. The third kappa shape index (κ3) is 3.11. The van der Waals surface area contributed by atoms with Crippen molar-refractivity contribution in [1.82, 2.24) is 5.32 Å². The second kappa shape index (κ2) is 4.83. The fraction of sp³-hybridized carbons (Fsp3) is 1.00. The molecule has 0 aromatic rings. The maximum Gasteiger partial charge on any atom is 0.0218 e. The highest BCUT2D eigenvalue weighted by molar-refractivity contribution is 4.87. The van der Waals surface area contributed by atoms with E-state index in [1.54, 1.807) is 0 Å². The van der Waals surface area contributed by atoms with Gasteiger partial charge in [-0.25, -0.2) is 0 Å². The van der Waals surface area contributed by atoms with Crippen LogP contribution in [-0.2, 0) is 0 Å². The molecule has 1 aliphatic rings. The van der Waals surface area contributed by atoms with Crippen LogP contribution < -0.4 is 11.1 Å². The van der Waals surface area contributed by atoms with E-state index in [-0.39, 0.29) is 0 Å². The van der Waals surface area contributed by atoms with Crippen LogP contribution in [0.15, 0.2) is 0 Å². The Bertz CT molecular complexity index is 121. The van der Waals surface area contributed by atoms with E-state index in [0.29, 0.717) is 6.04 Å². The Balaban J connectivity index is 2.21. The van der Waals surface area contributed by atoms with Gasteiger partial charge in [0.1, 0.15) is 0 Å². The van der Waals surface area contributed by atoms with E-state index in [1.807, 2.05) is 0 Å². The molecule has 2 unspecified atom stereocenters. The van der Waals surface area contributed by atoms with Crippen LogP contribution in [0.5, 0.6) is 0 Å². The van der Waals surface area contributed by atoms with Crippen molar-refractivity contribution in [1.29, 1.82) is 0 Å². The van der Waals surface area contributed by atoms with Gasteiger partial charge in [-0.15, -0.1) is 0 Å². The molecule has 2 nitrogen and oxygen atoms in total. The fourth-order valence-corrected chi connectivity index (χ4v) is 1.67. The molecule has 0 spiro atoms. The first-order chi connectivity index (χ1) is 5.77. The van der Waals surface area contributed by atoms with Gasteiger partial charge in [0.25, 0.3) is 0 Å². The molecule has 3 N–H and O–H groups in total. The Labute approximate surface area is 75.9 Å². The second-order valence-electron chi connectivity index (χ2n) is 4.05. The first-order valence-corrected chi connectivity index (χ1v) is 5.24. The summed E-state index contributed by atoms with van der Waals surface area (Å²) in [5.41, 5.74) is 5.72. The molecule has 0 radical (unpaired) electrons. The molecule has 0 saturated heterocycles. The van der Waals surface area contributed by atoms with Crippen molar-refractivity contribution in [2.75, 3.05) is 6.54 Å².